The van der Waals surface area contributed by atoms with Crippen LogP contribution in [0, 0.1) is 0 Å². The smallest absolute Gasteiger partial charge is 0.243 e. The molecule has 1 rings (SSSR count). The van der Waals surface area contributed by atoms with Gasteiger partial charge in [0.15, 0.2) is 0 Å². The molecule has 0 bridgehead atoms. The minimum absolute atomic E-state index is 0.00730. The van der Waals surface area contributed by atoms with Gasteiger partial charge < -0.3 is 5.32 Å². The lowest BCUT2D eigenvalue weighted by Gasteiger charge is -2.38. The second-order valence-corrected chi connectivity index (χ2v) is 6.05. The third-order valence-corrected chi connectivity index (χ3v) is 4.39. The van der Waals surface area contributed by atoms with Crippen molar-refractivity contribution in [2.75, 3.05) is 0 Å². The molecular weight excluding hydrogens is 234 g/mol. The van der Waals surface area contributed by atoms with Crippen LogP contribution in [0.4, 0.5) is 0 Å². The second-order valence-electron chi connectivity index (χ2n) is 6.05. The predicted octanol–water partition coefficient (Wildman–Crippen LogP) is 4.74. The number of carbonyl (C=O) groups is 1. The number of hydrogen-bond donors (Lipinski definition) is 1. The molecule has 0 saturated heterocycles. The van der Waals surface area contributed by atoms with Crippen LogP contribution in [0.2, 0.25) is 0 Å². The van der Waals surface area contributed by atoms with E-state index >= 15 is 0 Å². The Morgan fingerprint density at radius 1 is 1.11 bits per heavy atom. The van der Waals surface area contributed by atoms with Crippen LogP contribution in [0.15, 0.2) is 12.7 Å². The molecule has 1 fully saturated rings. The Morgan fingerprint density at radius 3 is 2.37 bits per heavy atom. The molecule has 110 valence electrons. The Bertz CT molecular complexity index is 266. The molecule has 2 heteroatoms. The van der Waals surface area contributed by atoms with Crippen LogP contribution in [-0.4, -0.2) is 11.4 Å². The highest BCUT2D eigenvalue weighted by atomic mass is 16.1. The average Bonchev–Trinajstić information content (AvgIpc) is 2.43. The van der Waals surface area contributed by atoms with Crippen LogP contribution >= 0.6 is 0 Å². The Hall–Kier alpha value is -0.790. The molecule has 0 unspecified atom stereocenters. The zero-order chi connectivity index (χ0) is 14.0. The van der Waals surface area contributed by atoms with Crippen LogP contribution in [-0.2, 0) is 4.79 Å². The largest absolute Gasteiger partial charge is 0.347 e. The Balaban J connectivity index is 2.32. The minimum atomic E-state index is 0.00730. The summed E-state index contributed by atoms with van der Waals surface area (Å²) in [5, 5.41) is 3.23. The summed E-state index contributed by atoms with van der Waals surface area (Å²) < 4.78 is 0. The van der Waals surface area contributed by atoms with Crippen molar-refractivity contribution in [3.8, 4) is 0 Å². The van der Waals surface area contributed by atoms with Crippen LogP contribution in [0.3, 0.4) is 0 Å². The number of unbranched alkanes of at least 4 members (excludes halogenated alkanes) is 5. The lowest BCUT2D eigenvalue weighted by Crippen LogP contribution is -2.49. The normalized spacial score (nSPS) is 17.9. The van der Waals surface area contributed by atoms with E-state index in [-0.39, 0.29) is 11.4 Å². The van der Waals surface area contributed by atoms with Gasteiger partial charge in [0.2, 0.25) is 5.91 Å². The fourth-order valence-electron chi connectivity index (χ4n) is 3.22. The molecule has 1 amide bonds. The van der Waals surface area contributed by atoms with Crippen molar-refractivity contribution in [3.63, 3.8) is 0 Å². The maximum Gasteiger partial charge on any atom is 0.243 e. The summed E-state index contributed by atoms with van der Waals surface area (Å²) in [6.45, 7) is 5.83. The summed E-state index contributed by atoms with van der Waals surface area (Å²) in [4.78, 5) is 11.6. The van der Waals surface area contributed by atoms with Gasteiger partial charge in [0, 0.05) is 5.54 Å². The van der Waals surface area contributed by atoms with E-state index in [1.165, 1.54) is 63.9 Å². The molecule has 0 spiro atoms. The lowest BCUT2D eigenvalue weighted by atomic mass is 9.78. The van der Waals surface area contributed by atoms with Crippen molar-refractivity contribution in [3.05, 3.63) is 12.7 Å². The van der Waals surface area contributed by atoms with Crippen molar-refractivity contribution < 1.29 is 4.79 Å². The van der Waals surface area contributed by atoms with Gasteiger partial charge in [0.05, 0.1) is 0 Å². The van der Waals surface area contributed by atoms with Crippen molar-refractivity contribution >= 4 is 5.91 Å². The van der Waals surface area contributed by atoms with Gasteiger partial charge in [-0.3, -0.25) is 4.79 Å². The zero-order valence-corrected chi connectivity index (χ0v) is 12.7. The Labute approximate surface area is 119 Å². The topological polar surface area (TPSA) is 29.1 Å². The van der Waals surface area contributed by atoms with Crippen molar-refractivity contribution in [1.29, 1.82) is 0 Å². The third kappa shape index (κ3) is 6.26. The molecule has 1 N–H and O–H groups in total. The van der Waals surface area contributed by atoms with Gasteiger partial charge in [-0.05, 0) is 25.3 Å². The van der Waals surface area contributed by atoms with Crippen molar-refractivity contribution in [2.24, 2.45) is 0 Å². The molecule has 0 atom stereocenters. The second kappa shape index (κ2) is 9.17. The van der Waals surface area contributed by atoms with Gasteiger partial charge in [0.25, 0.3) is 0 Å². The van der Waals surface area contributed by atoms with E-state index in [9.17, 15) is 4.79 Å². The molecular formula is C17H31NO. The number of hydrogen-bond acceptors (Lipinski definition) is 1. The first-order valence-electron chi connectivity index (χ1n) is 8.17. The standard InChI is InChI=1S/C17H31NO/c1-3-5-6-7-8-10-13-17(18-16(19)4-2)14-11-9-12-15-17/h4H,2-3,5-15H2,1H3,(H,18,19). The first-order chi connectivity index (χ1) is 9.22. The summed E-state index contributed by atoms with van der Waals surface area (Å²) >= 11 is 0. The monoisotopic (exact) mass is 265 g/mol. The first-order valence-corrected chi connectivity index (χ1v) is 8.17. The molecule has 0 heterocycles. The van der Waals surface area contributed by atoms with Crippen molar-refractivity contribution in [1.82, 2.24) is 5.32 Å². The molecule has 19 heavy (non-hydrogen) atoms. The molecule has 0 aromatic heterocycles. The molecule has 0 aromatic rings. The highest BCUT2D eigenvalue weighted by molar-refractivity contribution is 5.87. The Morgan fingerprint density at radius 2 is 1.74 bits per heavy atom. The predicted molar refractivity (Wildman–Crippen MR) is 82.1 cm³/mol. The van der Waals surface area contributed by atoms with E-state index in [1.54, 1.807) is 0 Å². The van der Waals surface area contributed by atoms with E-state index in [0.29, 0.717) is 0 Å². The Kier molecular flexibility index (Phi) is 7.85. The molecule has 0 aromatic carbocycles. The number of carbonyl (C=O) groups excluding carboxylic acids is 1. The zero-order valence-electron chi connectivity index (χ0n) is 12.7. The summed E-state index contributed by atoms with van der Waals surface area (Å²) in [7, 11) is 0. The van der Waals surface area contributed by atoms with Crippen LogP contribution < -0.4 is 5.32 Å². The SMILES string of the molecule is C=CC(=O)NC1(CCCCCCCC)CCCCC1. The summed E-state index contributed by atoms with van der Waals surface area (Å²) in [6, 6.07) is 0. The lowest BCUT2D eigenvalue weighted by molar-refractivity contribution is -0.118. The summed E-state index contributed by atoms with van der Waals surface area (Å²) in [5.41, 5.74) is 0.0777. The maximum atomic E-state index is 11.6. The van der Waals surface area contributed by atoms with E-state index in [4.69, 9.17) is 0 Å². The molecule has 1 saturated carbocycles. The van der Waals surface area contributed by atoms with Crippen molar-refractivity contribution in [2.45, 2.75) is 89.5 Å². The molecule has 1 aliphatic rings. The van der Waals surface area contributed by atoms with Gasteiger partial charge in [-0.25, -0.2) is 0 Å². The summed E-state index contributed by atoms with van der Waals surface area (Å²) in [6.07, 6.45) is 16.6. The first kappa shape index (κ1) is 16.3. The van der Waals surface area contributed by atoms with E-state index < -0.39 is 0 Å². The third-order valence-electron chi connectivity index (χ3n) is 4.39. The van der Waals surface area contributed by atoms with Crippen LogP contribution in [0.1, 0.15) is 84.0 Å². The fourth-order valence-corrected chi connectivity index (χ4v) is 3.22. The average molecular weight is 265 g/mol. The highest BCUT2D eigenvalue weighted by Crippen LogP contribution is 2.32. The van der Waals surface area contributed by atoms with Gasteiger partial charge in [-0.15, -0.1) is 0 Å². The number of amides is 1. The minimum Gasteiger partial charge on any atom is -0.347 e. The van der Waals surface area contributed by atoms with E-state index in [2.05, 4.69) is 18.8 Å². The van der Waals surface area contributed by atoms with Crippen LogP contribution in [0.5, 0.6) is 0 Å². The van der Waals surface area contributed by atoms with Crippen LogP contribution in [0.25, 0.3) is 0 Å². The van der Waals surface area contributed by atoms with Gasteiger partial charge in [-0.1, -0.05) is 71.3 Å². The molecule has 1 aliphatic carbocycles. The van der Waals surface area contributed by atoms with Gasteiger partial charge >= 0.3 is 0 Å². The van der Waals surface area contributed by atoms with Gasteiger partial charge in [0.1, 0.15) is 0 Å². The van der Waals surface area contributed by atoms with E-state index in [0.717, 1.165) is 19.3 Å². The fraction of sp³-hybridized carbons (Fsp3) is 0.824. The van der Waals surface area contributed by atoms with Gasteiger partial charge in [-0.2, -0.15) is 0 Å². The number of rotatable bonds is 9. The highest BCUT2D eigenvalue weighted by Gasteiger charge is 2.32. The molecule has 0 radical (unpaired) electrons. The maximum absolute atomic E-state index is 11.6. The van der Waals surface area contributed by atoms with E-state index in [1.807, 2.05) is 0 Å². The molecule has 0 aliphatic heterocycles. The quantitative estimate of drug-likeness (QED) is 0.473. The summed E-state index contributed by atoms with van der Waals surface area (Å²) in [5.74, 6) is 0.00730. The number of nitrogens with one attached hydrogen (secondary N) is 1. The molecule has 2 nitrogen and oxygen atoms in total.